The normalized spacial score (nSPS) is 11.0. The maximum absolute atomic E-state index is 12.3. The highest BCUT2D eigenvalue weighted by molar-refractivity contribution is 5.83. The average Bonchev–Trinajstić information content (AvgIpc) is 2.80. The van der Waals surface area contributed by atoms with Gasteiger partial charge < -0.3 is 10.5 Å². The third-order valence-corrected chi connectivity index (χ3v) is 4.83. The van der Waals surface area contributed by atoms with Crippen LogP contribution in [-0.4, -0.2) is 31.3 Å². The number of hydrogen-bond acceptors (Lipinski definition) is 7. The monoisotopic (exact) mass is 428 g/mol. The molecule has 0 saturated heterocycles. The lowest BCUT2D eigenvalue weighted by atomic mass is 10.0. The SMILES string of the molecule is CC(C)n1nc(-c2c(OCCc3ccccn3)nc(N)nc2-c2ccccc2)ccc1=O. The van der Waals surface area contributed by atoms with Crippen LogP contribution in [-0.2, 0) is 6.42 Å². The number of benzene rings is 1. The molecule has 0 aliphatic rings. The summed E-state index contributed by atoms with van der Waals surface area (Å²) in [5.41, 5.74) is 9.31. The van der Waals surface area contributed by atoms with Crippen molar-refractivity contribution in [3.05, 3.63) is 82.9 Å². The predicted octanol–water partition coefficient (Wildman–Crippen LogP) is 3.55. The molecule has 8 nitrogen and oxygen atoms in total. The molecule has 32 heavy (non-hydrogen) atoms. The second-order valence-corrected chi connectivity index (χ2v) is 7.49. The van der Waals surface area contributed by atoms with Gasteiger partial charge >= 0.3 is 0 Å². The Labute approximate surface area is 185 Å². The summed E-state index contributed by atoms with van der Waals surface area (Å²) < 4.78 is 7.50. The third kappa shape index (κ3) is 4.64. The van der Waals surface area contributed by atoms with Crippen molar-refractivity contribution in [1.29, 1.82) is 0 Å². The fraction of sp³-hybridized carbons (Fsp3) is 0.208. The number of aromatic nitrogens is 5. The lowest BCUT2D eigenvalue weighted by Gasteiger charge is -2.16. The lowest BCUT2D eigenvalue weighted by Crippen LogP contribution is -2.24. The van der Waals surface area contributed by atoms with E-state index in [1.165, 1.54) is 10.7 Å². The quantitative estimate of drug-likeness (QED) is 0.479. The summed E-state index contributed by atoms with van der Waals surface area (Å²) in [7, 11) is 0. The minimum absolute atomic E-state index is 0.0950. The summed E-state index contributed by atoms with van der Waals surface area (Å²) in [5.74, 6) is 0.409. The predicted molar refractivity (Wildman–Crippen MR) is 123 cm³/mol. The minimum Gasteiger partial charge on any atom is -0.477 e. The second kappa shape index (κ2) is 9.38. The van der Waals surface area contributed by atoms with Gasteiger partial charge in [0, 0.05) is 29.9 Å². The number of nitrogen functional groups attached to an aromatic ring is 1. The van der Waals surface area contributed by atoms with Crippen LogP contribution in [0.25, 0.3) is 22.5 Å². The smallest absolute Gasteiger partial charge is 0.267 e. The number of nitrogens with zero attached hydrogens (tertiary/aromatic N) is 5. The summed E-state index contributed by atoms with van der Waals surface area (Å²) in [6.45, 7) is 4.15. The molecule has 0 amide bonds. The zero-order chi connectivity index (χ0) is 22.5. The largest absolute Gasteiger partial charge is 0.477 e. The van der Waals surface area contributed by atoms with Gasteiger partial charge in [0.25, 0.3) is 5.56 Å². The molecule has 4 rings (SSSR count). The first-order valence-corrected chi connectivity index (χ1v) is 10.4. The molecule has 0 bridgehead atoms. The molecule has 4 aromatic rings. The summed E-state index contributed by atoms with van der Waals surface area (Å²) >= 11 is 0. The number of ether oxygens (including phenoxy) is 1. The van der Waals surface area contributed by atoms with Crippen LogP contribution >= 0.6 is 0 Å². The topological polar surface area (TPSA) is 109 Å². The second-order valence-electron chi connectivity index (χ2n) is 7.49. The van der Waals surface area contributed by atoms with Gasteiger partial charge in [0.2, 0.25) is 11.8 Å². The molecule has 1 aromatic carbocycles. The minimum atomic E-state index is -0.181. The van der Waals surface area contributed by atoms with Crippen LogP contribution in [0, 0.1) is 0 Å². The van der Waals surface area contributed by atoms with Crippen LogP contribution in [0.5, 0.6) is 5.88 Å². The van der Waals surface area contributed by atoms with Crippen molar-refractivity contribution < 1.29 is 4.74 Å². The Balaban J connectivity index is 1.81. The Bertz CT molecular complexity index is 1260. The Morgan fingerprint density at radius 2 is 1.78 bits per heavy atom. The number of pyridine rings is 1. The Morgan fingerprint density at radius 3 is 2.50 bits per heavy atom. The standard InChI is InChI=1S/C24H24N6O2/c1-16(2)30-20(31)12-11-19(29-30)21-22(17-8-4-3-5-9-17)27-24(25)28-23(21)32-15-13-18-10-6-7-14-26-18/h3-12,14,16H,13,15H2,1-2H3,(H2,25,27,28). The molecular weight excluding hydrogens is 404 g/mol. The van der Waals surface area contributed by atoms with Gasteiger partial charge in [-0.3, -0.25) is 9.78 Å². The summed E-state index contributed by atoms with van der Waals surface area (Å²) in [4.78, 5) is 25.5. The van der Waals surface area contributed by atoms with Crippen molar-refractivity contribution >= 4 is 5.95 Å². The van der Waals surface area contributed by atoms with Gasteiger partial charge in [-0.25, -0.2) is 9.67 Å². The van der Waals surface area contributed by atoms with Crippen molar-refractivity contribution in [3.8, 4) is 28.4 Å². The number of nitrogens with two attached hydrogens (primary N) is 1. The van der Waals surface area contributed by atoms with E-state index in [1.807, 2.05) is 62.4 Å². The van der Waals surface area contributed by atoms with Crippen LogP contribution in [0.1, 0.15) is 25.6 Å². The van der Waals surface area contributed by atoms with Crippen LogP contribution in [0.4, 0.5) is 5.95 Å². The van der Waals surface area contributed by atoms with Crippen LogP contribution < -0.4 is 16.0 Å². The van der Waals surface area contributed by atoms with E-state index in [9.17, 15) is 4.79 Å². The van der Waals surface area contributed by atoms with Gasteiger partial charge in [0.15, 0.2) is 0 Å². The molecule has 0 radical (unpaired) electrons. The van der Waals surface area contributed by atoms with Crippen molar-refractivity contribution in [3.63, 3.8) is 0 Å². The number of hydrogen-bond donors (Lipinski definition) is 1. The number of rotatable bonds is 7. The fourth-order valence-corrected chi connectivity index (χ4v) is 3.32. The maximum atomic E-state index is 12.3. The van der Waals surface area contributed by atoms with Crippen LogP contribution in [0.3, 0.4) is 0 Å². The van der Waals surface area contributed by atoms with Crippen molar-refractivity contribution in [2.45, 2.75) is 26.3 Å². The summed E-state index contributed by atoms with van der Waals surface area (Å²) in [6, 6.07) is 18.4. The van der Waals surface area contributed by atoms with Crippen molar-refractivity contribution in [2.24, 2.45) is 0 Å². The molecule has 0 saturated carbocycles. The maximum Gasteiger partial charge on any atom is 0.267 e. The highest BCUT2D eigenvalue weighted by Crippen LogP contribution is 2.36. The highest BCUT2D eigenvalue weighted by Gasteiger charge is 2.21. The molecule has 2 N–H and O–H groups in total. The first kappa shape index (κ1) is 21.2. The number of anilines is 1. The van der Waals surface area contributed by atoms with Gasteiger partial charge in [0.1, 0.15) is 0 Å². The first-order chi connectivity index (χ1) is 15.5. The Hall–Kier alpha value is -4.07. The molecule has 0 atom stereocenters. The molecule has 8 heteroatoms. The van der Waals surface area contributed by atoms with Gasteiger partial charge in [0.05, 0.1) is 29.6 Å². The van der Waals surface area contributed by atoms with Crippen LogP contribution in [0.15, 0.2) is 71.7 Å². The molecular formula is C24H24N6O2. The molecule has 0 unspecified atom stereocenters. The van der Waals surface area contributed by atoms with E-state index in [2.05, 4.69) is 20.1 Å². The molecule has 0 aliphatic carbocycles. The van der Waals surface area contributed by atoms with E-state index in [1.54, 1.807) is 12.3 Å². The molecule has 0 spiro atoms. The molecule has 0 aliphatic heterocycles. The van der Waals surface area contributed by atoms with Crippen molar-refractivity contribution in [2.75, 3.05) is 12.3 Å². The summed E-state index contributed by atoms with van der Waals surface area (Å²) in [5, 5.41) is 4.58. The molecule has 162 valence electrons. The van der Waals surface area contributed by atoms with Crippen LogP contribution in [0.2, 0.25) is 0 Å². The molecule has 3 aromatic heterocycles. The molecule has 0 fully saturated rings. The van der Waals surface area contributed by atoms with Gasteiger partial charge in [-0.05, 0) is 32.0 Å². The fourth-order valence-electron chi connectivity index (χ4n) is 3.32. The van der Waals surface area contributed by atoms with Gasteiger partial charge in [-0.15, -0.1) is 0 Å². The highest BCUT2D eigenvalue weighted by atomic mass is 16.5. The summed E-state index contributed by atoms with van der Waals surface area (Å²) in [6.07, 6.45) is 2.35. The average molecular weight is 428 g/mol. The Kier molecular flexibility index (Phi) is 6.21. The molecule has 3 heterocycles. The van der Waals surface area contributed by atoms with Gasteiger partial charge in [-0.1, -0.05) is 36.4 Å². The zero-order valence-electron chi connectivity index (χ0n) is 18.0. The zero-order valence-corrected chi connectivity index (χ0v) is 18.0. The van der Waals surface area contributed by atoms with Gasteiger partial charge in [-0.2, -0.15) is 10.1 Å². The third-order valence-electron chi connectivity index (χ3n) is 4.83. The van der Waals surface area contributed by atoms with E-state index in [-0.39, 0.29) is 17.5 Å². The lowest BCUT2D eigenvalue weighted by molar-refractivity contribution is 0.309. The first-order valence-electron chi connectivity index (χ1n) is 10.4. The van der Waals surface area contributed by atoms with E-state index < -0.39 is 0 Å². The van der Waals surface area contributed by atoms with Crippen molar-refractivity contribution in [1.82, 2.24) is 24.7 Å². The Morgan fingerprint density at radius 1 is 1.00 bits per heavy atom. The van der Waals surface area contributed by atoms with E-state index in [0.29, 0.717) is 35.9 Å². The van der Waals surface area contributed by atoms with E-state index in [4.69, 9.17) is 10.5 Å². The van der Waals surface area contributed by atoms with E-state index in [0.717, 1.165) is 11.3 Å². The van der Waals surface area contributed by atoms with E-state index >= 15 is 0 Å².